The molecule has 2 aliphatic rings. The fourth-order valence-electron chi connectivity index (χ4n) is 4.41. The van der Waals surface area contributed by atoms with Gasteiger partial charge in [-0.2, -0.15) is 0 Å². The second kappa shape index (κ2) is 3.98. The molecule has 0 aliphatic carbocycles. The van der Waals surface area contributed by atoms with Crippen molar-refractivity contribution in [3.05, 3.63) is 0 Å². The predicted molar refractivity (Wildman–Crippen MR) is 75.1 cm³/mol. The van der Waals surface area contributed by atoms with Crippen LogP contribution in [0.5, 0.6) is 0 Å². The molecule has 4 unspecified atom stereocenters. The zero-order valence-electron chi connectivity index (χ0n) is 12.9. The van der Waals surface area contributed by atoms with Crippen LogP contribution in [0.3, 0.4) is 0 Å². The van der Waals surface area contributed by atoms with Gasteiger partial charge in [0.2, 0.25) is 0 Å². The Hall–Kier alpha value is -0.0400. The Bertz CT molecular complexity index is 253. The van der Waals surface area contributed by atoms with Crippen molar-refractivity contribution >= 4 is 0 Å². The van der Waals surface area contributed by atoms with Gasteiger partial charge in [0.05, 0.1) is 0 Å². The Labute approximate surface area is 108 Å². The van der Waals surface area contributed by atoms with E-state index in [1.54, 1.807) is 0 Å². The molecule has 2 aliphatic heterocycles. The van der Waals surface area contributed by atoms with E-state index in [9.17, 15) is 0 Å². The lowest BCUT2D eigenvalue weighted by Crippen LogP contribution is -2.53. The Balaban J connectivity index is 2.28. The smallest absolute Gasteiger partial charge is 0.0129 e. The highest BCUT2D eigenvalue weighted by Crippen LogP contribution is 2.52. The zero-order chi connectivity index (χ0) is 13.0. The first-order valence-electron chi connectivity index (χ1n) is 7.34. The lowest BCUT2D eigenvalue weighted by Gasteiger charge is -2.51. The van der Waals surface area contributed by atoms with Gasteiger partial charge in [-0.25, -0.2) is 0 Å². The van der Waals surface area contributed by atoms with Gasteiger partial charge in [0.1, 0.15) is 0 Å². The Morgan fingerprint density at radius 3 is 1.41 bits per heavy atom. The van der Waals surface area contributed by atoms with Crippen molar-refractivity contribution in [2.75, 3.05) is 7.05 Å². The first kappa shape index (κ1) is 13.4. The minimum Gasteiger partial charge on any atom is -0.300 e. The first-order valence-corrected chi connectivity index (χ1v) is 7.34. The van der Waals surface area contributed by atoms with Crippen LogP contribution in [0.15, 0.2) is 0 Å². The third kappa shape index (κ3) is 2.28. The molecule has 2 bridgehead atoms. The zero-order valence-corrected chi connectivity index (χ0v) is 12.9. The summed E-state index contributed by atoms with van der Waals surface area (Å²) in [5, 5.41) is 0. The quantitative estimate of drug-likeness (QED) is 0.611. The van der Waals surface area contributed by atoms with Gasteiger partial charge >= 0.3 is 0 Å². The van der Waals surface area contributed by atoms with Crippen LogP contribution in [-0.4, -0.2) is 24.0 Å². The SMILES string of the molecule is CN1C2CCC1C(C(C)(C)C)CC2C(C)(C)C. The summed E-state index contributed by atoms with van der Waals surface area (Å²) in [7, 11) is 2.37. The average Bonchev–Trinajstić information content (AvgIpc) is 2.41. The lowest BCUT2D eigenvalue weighted by molar-refractivity contribution is -0.0221. The fraction of sp³-hybridized carbons (Fsp3) is 1.00. The van der Waals surface area contributed by atoms with E-state index in [4.69, 9.17) is 0 Å². The molecular weight excluding hydrogens is 206 g/mol. The van der Waals surface area contributed by atoms with Crippen LogP contribution in [0.1, 0.15) is 60.8 Å². The minimum atomic E-state index is 0.456. The van der Waals surface area contributed by atoms with E-state index in [0.717, 1.165) is 23.9 Å². The van der Waals surface area contributed by atoms with Crippen LogP contribution >= 0.6 is 0 Å². The maximum absolute atomic E-state index is 2.72. The molecule has 0 radical (unpaired) electrons. The summed E-state index contributed by atoms with van der Waals surface area (Å²) in [6.07, 6.45) is 4.29. The summed E-state index contributed by atoms with van der Waals surface area (Å²) in [5.41, 5.74) is 0.912. The third-order valence-corrected chi connectivity index (χ3v) is 5.47. The van der Waals surface area contributed by atoms with Crippen molar-refractivity contribution in [3.63, 3.8) is 0 Å². The molecule has 0 aromatic carbocycles. The van der Waals surface area contributed by atoms with E-state index < -0.39 is 0 Å². The van der Waals surface area contributed by atoms with Crippen molar-refractivity contribution in [2.24, 2.45) is 22.7 Å². The highest BCUT2D eigenvalue weighted by molar-refractivity contribution is 5.04. The normalized spacial score (nSPS) is 39.7. The van der Waals surface area contributed by atoms with E-state index in [1.165, 1.54) is 19.3 Å². The molecule has 2 saturated heterocycles. The highest BCUT2D eigenvalue weighted by atomic mass is 15.2. The molecule has 0 spiro atoms. The predicted octanol–water partition coefficient (Wildman–Crippen LogP) is 4.18. The lowest BCUT2D eigenvalue weighted by atomic mass is 9.64. The van der Waals surface area contributed by atoms with Crippen molar-refractivity contribution in [1.29, 1.82) is 0 Å². The molecule has 0 saturated carbocycles. The van der Waals surface area contributed by atoms with E-state index in [2.05, 4.69) is 53.5 Å². The summed E-state index contributed by atoms with van der Waals surface area (Å²) in [6.45, 7) is 14.6. The highest BCUT2D eigenvalue weighted by Gasteiger charge is 2.51. The number of nitrogens with zero attached hydrogens (tertiary/aromatic N) is 1. The summed E-state index contributed by atoms with van der Waals surface area (Å²) in [6, 6.07) is 1.69. The molecule has 2 heterocycles. The molecule has 1 nitrogen and oxygen atoms in total. The summed E-state index contributed by atoms with van der Waals surface area (Å²) < 4.78 is 0. The summed E-state index contributed by atoms with van der Waals surface area (Å²) in [4.78, 5) is 2.72. The van der Waals surface area contributed by atoms with Gasteiger partial charge in [-0.05, 0) is 49.0 Å². The molecule has 0 N–H and O–H groups in total. The Kier molecular flexibility index (Phi) is 3.14. The maximum atomic E-state index is 2.72. The van der Waals surface area contributed by atoms with Gasteiger partial charge < -0.3 is 0 Å². The van der Waals surface area contributed by atoms with Crippen LogP contribution in [0, 0.1) is 22.7 Å². The van der Waals surface area contributed by atoms with Gasteiger partial charge in [-0.15, -0.1) is 0 Å². The molecule has 4 atom stereocenters. The first-order chi connectivity index (χ1) is 7.62. The Morgan fingerprint density at radius 1 is 0.765 bits per heavy atom. The monoisotopic (exact) mass is 237 g/mol. The number of rotatable bonds is 0. The maximum Gasteiger partial charge on any atom is 0.0129 e. The molecule has 2 fully saturated rings. The molecular formula is C16H31N. The molecule has 0 aromatic rings. The fourth-order valence-corrected chi connectivity index (χ4v) is 4.41. The molecule has 100 valence electrons. The summed E-state index contributed by atoms with van der Waals surface area (Å²) >= 11 is 0. The van der Waals surface area contributed by atoms with Gasteiger partial charge in [0.25, 0.3) is 0 Å². The van der Waals surface area contributed by atoms with Crippen molar-refractivity contribution in [1.82, 2.24) is 4.90 Å². The van der Waals surface area contributed by atoms with Crippen molar-refractivity contribution < 1.29 is 0 Å². The largest absolute Gasteiger partial charge is 0.300 e. The topological polar surface area (TPSA) is 3.24 Å². The van der Waals surface area contributed by atoms with E-state index in [-0.39, 0.29) is 0 Å². The number of hydrogen-bond acceptors (Lipinski definition) is 1. The number of fused-ring (bicyclic) bond motifs is 2. The van der Waals surface area contributed by atoms with Crippen LogP contribution in [0.4, 0.5) is 0 Å². The van der Waals surface area contributed by atoms with E-state index >= 15 is 0 Å². The molecule has 2 rings (SSSR count). The van der Waals surface area contributed by atoms with Gasteiger partial charge in [0, 0.05) is 12.1 Å². The number of hydrogen-bond donors (Lipinski definition) is 0. The van der Waals surface area contributed by atoms with Gasteiger partial charge in [-0.1, -0.05) is 41.5 Å². The van der Waals surface area contributed by atoms with Crippen LogP contribution in [0.2, 0.25) is 0 Å². The molecule has 0 amide bonds. The third-order valence-electron chi connectivity index (χ3n) is 5.47. The summed E-state index contributed by atoms with van der Waals surface area (Å²) in [5.74, 6) is 1.74. The molecule has 17 heavy (non-hydrogen) atoms. The minimum absolute atomic E-state index is 0.456. The van der Waals surface area contributed by atoms with E-state index in [1.807, 2.05) is 0 Å². The average molecular weight is 237 g/mol. The van der Waals surface area contributed by atoms with Gasteiger partial charge in [-0.3, -0.25) is 4.90 Å². The van der Waals surface area contributed by atoms with Crippen LogP contribution < -0.4 is 0 Å². The van der Waals surface area contributed by atoms with Crippen molar-refractivity contribution in [3.8, 4) is 0 Å². The van der Waals surface area contributed by atoms with Gasteiger partial charge in [0.15, 0.2) is 0 Å². The van der Waals surface area contributed by atoms with Crippen LogP contribution in [-0.2, 0) is 0 Å². The van der Waals surface area contributed by atoms with Crippen molar-refractivity contribution in [2.45, 2.75) is 72.9 Å². The second-order valence-corrected chi connectivity index (χ2v) is 8.56. The van der Waals surface area contributed by atoms with E-state index in [0.29, 0.717) is 10.8 Å². The Morgan fingerprint density at radius 2 is 1.12 bits per heavy atom. The second-order valence-electron chi connectivity index (χ2n) is 8.56. The standard InChI is InChI=1S/C16H31N/c1-15(2,3)11-10-12(16(4,5)6)14-9-8-13(11)17(14)7/h11-14H,8-10H2,1-7H3. The molecule has 1 heteroatoms. The van der Waals surface area contributed by atoms with Crippen LogP contribution in [0.25, 0.3) is 0 Å². The molecule has 0 aromatic heterocycles. The number of piperidine rings is 1.